The molecular formula is C77H122Cl2N18O7. The van der Waals surface area contributed by atoms with Crippen LogP contribution in [-0.2, 0) is 6.42 Å². The van der Waals surface area contributed by atoms with Gasteiger partial charge in [0.25, 0.3) is 0 Å². The van der Waals surface area contributed by atoms with Crippen LogP contribution in [0.3, 0.4) is 0 Å². The topological polar surface area (TPSA) is 278 Å². The van der Waals surface area contributed by atoms with E-state index in [2.05, 4.69) is 171 Å². The molecular weight excluding hydrogens is 1360 g/mol. The quantitative estimate of drug-likeness (QED) is 0.0640. The normalized spacial score (nSPS) is 21.9. The fourth-order valence-corrected chi connectivity index (χ4v) is 12.9. The Labute approximate surface area is 630 Å². The Hall–Kier alpha value is -6.49. The van der Waals surface area contributed by atoms with Crippen LogP contribution in [0.5, 0.6) is 41.2 Å². The second kappa shape index (κ2) is 44.0. The zero-order valence-electron chi connectivity index (χ0n) is 64.6. The molecule has 6 aromatic heterocycles. The van der Waals surface area contributed by atoms with Gasteiger partial charge in [-0.25, -0.2) is 24.9 Å². The number of rotatable bonds is 20. The highest BCUT2D eigenvalue weighted by Crippen LogP contribution is 2.26. The molecule has 6 aliphatic heterocycles. The minimum Gasteiger partial charge on any atom is -0.486 e. The average Bonchev–Trinajstić information content (AvgIpc) is 1.77. The molecule has 0 aliphatic carbocycles. The summed E-state index contributed by atoms with van der Waals surface area (Å²) < 4.78 is 40.0. The minimum atomic E-state index is -0.0344. The molecule has 6 unspecified atom stereocenters. The maximum atomic E-state index is 6.17. The molecule has 0 radical (unpaired) electrons. The van der Waals surface area contributed by atoms with Gasteiger partial charge in [-0.1, -0.05) is 36.2 Å². The SMILES string of the molecule is CC(C)N1CC(N)C(Oc2ccc(Cl)nn2)C1.CC(C)N1CCC(Oc2ccc(Cl)cn2)CC1.CC(C)N1CCC(Oc2ncccn2)CC1.CCc1ccc(OC2CCN(C(C)C)CC2)nc1.COc1ccc(OC2CN(C(C)C)CC2N)cn1.Cc1ccc(OC2CCN(C(C)C)CC2N)nn1. The van der Waals surface area contributed by atoms with Gasteiger partial charge in [0.15, 0.2) is 5.15 Å². The molecule has 0 amide bonds. The first-order valence-electron chi connectivity index (χ1n) is 37.7. The fourth-order valence-electron chi connectivity index (χ4n) is 12.7. The van der Waals surface area contributed by atoms with Gasteiger partial charge in [-0.15, -0.1) is 15.3 Å². The molecule has 576 valence electrons. The molecule has 0 spiro atoms. The van der Waals surface area contributed by atoms with Crippen molar-refractivity contribution < 1.29 is 33.2 Å². The van der Waals surface area contributed by atoms with Gasteiger partial charge in [-0.05, 0) is 177 Å². The van der Waals surface area contributed by atoms with E-state index in [1.54, 1.807) is 56.2 Å². The number of ether oxygens (including phenoxy) is 7. The van der Waals surface area contributed by atoms with E-state index in [0.717, 1.165) is 147 Å². The van der Waals surface area contributed by atoms with Crippen molar-refractivity contribution in [2.24, 2.45) is 17.2 Å². The number of aromatic nitrogens is 9. The number of hydrogen-bond donors (Lipinski definition) is 3. The molecule has 104 heavy (non-hydrogen) atoms. The van der Waals surface area contributed by atoms with Gasteiger partial charge < -0.3 is 65.1 Å². The number of halogens is 2. The first-order chi connectivity index (χ1) is 49.8. The minimum absolute atomic E-state index is 0.00915. The maximum absolute atomic E-state index is 6.17. The number of piperidine rings is 4. The first kappa shape index (κ1) is 84.8. The summed E-state index contributed by atoms with van der Waals surface area (Å²) in [6.07, 6.45) is 18.0. The van der Waals surface area contributed by atoms with Gasteiger partial charge in [0, 0.05) is 170 Å². The Balaban J connectivity index is 0.000000175. The maximum Gasteiger partial charge on any atom is 0.316 e. The van der Waals surface area contributed by atoms with Gasteiger partial charge in [-0.3, -0.25) is 14.7 Å². The molecule has 0 saturated carbocycles. The van der Waals surface area contributed by atoms with Gasteiger partial charge in [0.1, 0.15) is 42.4 Å². The third-order valence-corrected chi connectivity index (χ3v) is 20.0. The lowest BCUT2D eigenvalue weighted by Gasteiger charge is -2.38. The van der Waals surface area contributed by atoms with Crippen molar-refractivity contribution >= 4 is 23.2 Å². The highest BCUT2D eigenvalue weighted by Gasteiger charge is 2.35. The van der Waals surface area contributed by atoms with Crippen LogP contribution in [0.4, 0.5) is 0 Å². The van der Waals surface area contributed by atoms with E-state index in [-0.39, 0.29) is 42.5 Å². The molecule has 12 heterocycles. The molecule has 6 atom stereocenters. The van der Waals surface area contributed by atoms with Crippen LogP contribution in [0.15, 0.2) is 97.7 Å². The van der Waals surface area contributed by atoms with Crippen molar-refractivity contribution in [2.75, 3.05) is 85.6 Å². The first-order valence-corrected chi connectivity index (χ1v) is 38.4. The lowest BCUT2D eigenvalue weighted by atomic mass is 10.0. The van der Waals surface area contributed by atoms with Crippen LogP contribution in [0.25, 0.3) is 0 Å². The Bertz CT molecular complexity index is 3260. The molecule has 12 rings (SSSR count). The number of hydrogen-bond acceptors (Lipinski definition) is 25. The largest absolute Gasteiger partial charge is 0.486 e. The molecule has 25 nitrogen and oxygen atoms in total. The molecule has 27 heteroatoms. The zero-order chi connectivity index (χ0) is 75.2. The Morgan fingerprint density at radius 1 is 0.404 bits per heavy atom. The Morgan fingerprint density at radius 2 is 0.827 bits per heavy atom. The summed E-state index contributed by atoms with van der Waals surface area (Å²) in [5.41, 5.74) is 20.5. The third kappa shape index (κ3) is 29.3. The molecule has 0 aromatic carbocycles. The van der Waals surface area contributed by atoms with E-state index < -0.39 is 0 Å². The van der Waals surface area contributed by atoms with Crippen molar-refractivity contribution in [3.8, 4) is 41.2 Å². The second-order valence-electron chi connectivity index (χ2n) is 29.2. The molecule has 6 fully saturated rings. The van der Waals surface area contributed by atoms with E-state index in [1.807, 2.05) is 49.5 Å². The monoisotopic (exact) mass is 1480 g/mol. The van der Waals surface area contributed by atoms with Crippen molar-refractivity contribution in [1.82, 2.24) is 74.7 Å². The highest BCUT2D eigenvalue weighted by atomic mass is 35.5. The summed E-state index contributed by atoms with van der Waals surface area (Å²) >= 11 is 11.4. The molecule has 6 aliphatic rings. The van der Waals surface area contributed by atoms with Gasteiger partial charge in [-0.2, -0.15) is 5.10 Å². The summed E-state index contributed by atoms with van der Waals surface area (Å²) in [6.45, 7) is 42.6. The second-order valence-corrected chi connectivity index (χ2v) is 30.0. The zero-order valence-corrected chi connectivity index (χ0v) is 66.1. The van der Waals surface area contributed by atoms with Crippen molar-refractivity contribution in [3.63, 3.8) is 0 Å². The van der Waals surface area contributed by atoms with Crippen LogP contribution in [-0.4, -0.2) is 251 Å². The average molecular weight is 1480 g/mol. The summed E-state index contributed by atoms with van der Waals surface area (Å²) in [7, 11) is 1.59. The summed E-state index contributed by atoms with van der Waals surface area (Å²) in [4.78, 5) is 35.3. The highest BCUT2D eigenvalue weighted by molar-refractivity contribution is 6.30. The number of nitrogens with zero attached hydrogens (tertiary/aromatic N) is 15. The van der Waals surface area contributed by atoms with Crippen LogP contribution < -0.4 is 50.4 Å². The smallest absolute Gasteiger partial charge is 0.316 e. The summed E-state index contributed by atoms with van der Waals surface area (Å²) in [6, 6.07) is 24.3. The number of likely N-dealkylation sites (tertiary alicyclic amines) is 6. The number of pyridine rings is 3. The van der Waals surface area contributed by atoms with Gasteiger partial charge >= 0.3 is 6.01 Å². The predicted octanol–water partition coefficient (Wildman–Crippen LogP) is 10.4. The predicted molar refractivity (Wildman–Crippen MR) is 412 cm³/mol. The molecule has 6 N–H and O–H groups in total. The van der Waals surface area contributed by atoms with Crippen molar-refractivity contribution in [3.05, 3.63) is 119 Å². The van der Waals surface area contributed by atoms with Crippen LogP contribution in [0.1, 0.15) is 146 Å². The lowest BCUT2D eigenvalue weighted by molar-refractivity contribution is 0.0617. The lowest BCUT2D eigenvalue weighted by Crippen LogP contribution is -2.55. The van der Waals surface area contributed by atoms with E-state index >= 15 is 0 Å². The fraction of sp³-hybridized carbons (Fsp3) is 0.649. The van der Waals surface area contributed by atoms with Crippen molar-refractivity contribution in [2.45, 2.75) is 239 Å². The van der Waals surface area contributed by atoms with Crippen LogP contribution in [0, 0.1) is 6.92 Å². The van der Waals surface area contributed by atoms with Crippen LogP contribution in [0.2, 0.25) is 10.2 Å². The molecule has 6 aromatic rings. The Morgan fingerprint density at radius 3 is 1.23 bits per heavy atom. The number of methoxy groups -OCH3 is 1. The summed E-state index contributed by atoms with van der Waals surface area (Å²) in [5, 5.41) is 16.6. The number of nitrogens with two attached hydrogens (primary N) is 3. The van der Waals surface area contributed by atoms with Gasteiger partial charge in [0.05, 0.1) is 42.1 Å². The third-order valence-electron chi connectivity index (χ3n) is 19.5. The number of aryl methyl sites for hydroxylation is 2. The van der Waals surface area contributed by atoms with E-state index in [4.69, 9.17) is 73.6 Å². The standard InChI is InChI=1S/C15H24N2O.C13H19ClN2O.C13H22N4O.C13H21N3O2.C12H19N3O.C11H17ClN4O/c1-4-13-5-6-15(16-11-13)18-14-7-9-17(10-8-14)12(2)3;1-10(2)16-7-5-12(6-8-16)17-13-4-3-11(14)9-15-13;1-9(2)17-7-6-12(11(14)8-17)18-13-5-4-10(3)15-16-13;1-9(2)16-7-11(14)12(8-16)18-10-4-5-13(17-3)15-6-10;1-10(2)15-8-4-11(5-9-15)16-12-13-6-3-7-14-12;1-7(2)16-5-8(13)9(6-16)17-11-4-3-10(12)14-15-11/h5-6,11-12,14H,4,7-10H2,1-3H3;3-4,9-10,12H,5-8H2,1-2H3;4-5,9,11-12H,6-8,14H2,1-3H3;4-6,9,11-12H,7-8,14H2,1-3H3;3,6-7,10-11H,4-5,8-9H2,1-2H3;3-4,7-9H,5-6,13H2,1-2H3. The van der Waals surface area contributed by atoms with Gasteiger partial charge in [0.2, 0.25) is 29.4 Å². The molecule has 6 saturated heterocycles. The van der Waals surface area contributed by atoms with Crippen LogP contribution >= 0.6 is 23.2 Å². The Kier molecular flexibility index (Phi) is 35.8. The van der Waals surface area contributed by atoms with E-state index in [0.29, 0.717) is 88.2 Å². The summed E-state index contributed by atoms with van der Waals surface area (Å²) in [5.74, 6) is 3.82. The van der Waals surface area contributed by atoms with E-state index in [9.17, 15) is 0 Å². The van der Waals surface area contributed by atoms with E-state index in [1.165, 1.54) is 5.56 Å². The molecule has 0 bridgehead atoms. The van der Waals surface area contributed by atoms with Crippen molar-refractivity contribution in [1.29, 1.82) is 0 Å².